The van der Waals surface area contributed by atoms with E-state index >= 15 is 0 Å². The lowest BCUT2D eigenvalue weighted by Gasteiger charge is -2.13. The van der Waals surface area contributed by atoms with Gasteiger partial charge in [-0.05, 0) is 18.2 Å². The highest BCUT2D eigenvalue weighted by molar-refractivity contribution is 7.93. The summed E-state index contributed by atoms with van der Waals surface area (Å²) < 4.78 is 74.7. The summed E-state index contributed by atoms with van der Waals surface area (Å²) in [6, 6.07) is 5.18. The van der Waals surface area contributed by atoms with Gasteiger partial charge >= 0.3 is 6.61 Å². The molecule has 0 atom stereocenters. The molecular formula is C15H11ClF3N3O4S. The molecule has 0 aliphatic carbocycles. The van der Waals surface area contributed by atoms with Crippen LogP contribution in [0.2, 0.25) is 5.02 Å². The number of ether oxygens (including phenoxy) is 2. The van der Waals surface area contributed by atoms with Crippen LogP contribution in [0.15, 0.2) is 35.4 Å². The topological polar surface area (TPSA) is 93.3 Å². The Balaban J connectivity index is 2.01. The van der Waals surface area contributed by atoms with Crippen LogP contribution in [0.25, 0.3) is 10.9 Å². The number of nitrogens with one attached hydrogen (secondary N) is 2. The van der Waals surface area contributed by atoms with Gasteiger partial charge in [-0.15, -0.1) is 0 Å². The Hall–Kier alpha value is -2.66. The van der Waals surface area contributed by atoms with Crippen LogP contribution in [-0.2, 0) is 10.0 Å². The molecule has 0 saturated carbocycles. The van der Waals surface area contributed by atoms with Gasteiger partial charge in [0, 0.05) is 28.2 Å². The van der Waals surface area contributed by atoms with E-state index in [4.69, 9.17) is 16.3 Å². The molecule has 0 fully saturated rings. The van der Waals surface area contributed by atoms with Crippen LogP contribution in [0, 0.1) is 5.82 Å². The molecule has 2 aromatic heterocycles. The van der Waals surface area contributed by atoms with Crippen LogP contribution in [0.5, 0.6) is 11.8 Å². The molecule has 12 heteroatoms. The highest BCUT2D eigenvalue weighted by atomic mass is 35.5. The van der Waals surface area contributed by atoms with E-state index in [0.29, 0.717) is 22.0 Å². The number of aromatic nitrogens is 2. The Labute approximate surface area is 156 Å². The number of alkyl halides is 2. The van der Waals surface area contributed by atoms with Crippen molar-refractivity contribution in [2.45, 2.75) is 11.5 Å². The molecule has 2 heterocycles. The number of nitrogens with zero attached hydrogens (tertiary/aromatic N) is 1. The molecule has 0 saturated heterocycles. The molecule has 0 aliphatic heterocycles. The van der Waals surface area contributed by atoms with Crippen LogP contribution < -0.4 is 14.2 Å². The van der Waals surface area contributed by atoms with E-state index < -0.39 is 34.2 Å². The normalized spacial score (nSPS) is 11.8. The number of benzene rings is 1. The average Bonchev–Trinajstić information content (AvgIpc) is 3.00. The van der Waals surface area contributed by atoms with Gasteiger partial charge in [0.1, 0.15) is 10.6 Å². The summed E-state index contributed by atoms with van der Waals surface area (Å²) in [6.07, 6.45) is 1.23. The fourth-order valence-corrected chi connectivity index (χ4v) is 3.75. The predicted molar refractivity (Wildman–Crippen MR) is 91.5 cm³/mol. The molecule has 7 nitrogen and oxygen atoms in total. The molecule has 0 amide bonds. The minimum Gasteiger partial charge on any atom is -0.479 e. The van der Waals surface area contributed by atoms with Crippen molar-refractivity contribution in [3.63, 3.8) is 0 Å². The third-order valence-corrected chi connectivity index (χ3v) is 5.08. The minimum atomic E-state index is -4.19. The largest absolute Gasteiger partial charge is 0.479 e. The summed E-state index contributed by atoms with van der Waals surface area (Å²) in [5, 5.41) is 0.751. The maximum Gasteiger partial charge on any atom is 0.388 e. The fourth-order valence-electron chi connectivity index (χ4n) is 2.35. The first-order valence-electron chi connectivity index (χ1n) is 7.20. The molecule has 0 radical (unpaired) electrons. The van der Waals surface area contributed by atoms with Crippen molar-refractivity contribution in [2.75, 3.05) is 11.8 Å². The van der Waals surface area contributed by atoms with Crippen molar-refractivity contribution in [3.05, 3.63) is 41.3 Å². The van der Waals surface area contributed by atoms with E-state index in [9.17, 15) is 21.6 Å². The van der Waals surface area contributed by atoms with Crippen molar-refractivity contribution >= 4 is 38.2 Å². The van der Waals surface area contributed by atoms with Crippen molar-refractivity contribution in [1.29, 1.82) is 0 Å². The van der Waals surface area contributed by atoms with E-state index in [-0.39, 0.29) is 10.6 Å². The first-order valence-corrected chi connectivity index (χ1v) is 9.06. The maximum absolute atomic E-state index is 13.9. The van der Waals surface area contributed by atoms with Gasteiger partial charge in [0.25, 0.3) is 15.9 Å². The smallest absolute Gasteiger partial charge is 0.388 e. The molecule has 0 bridgehead atoms. The quantitative estimate of drug-likeness (QED) is 0.632. The summed E-state index contributed by atoms with van der Waals surface area (Å²) in [4.78, 5) is 6.05. The van der Waals surface area contributed by atoms with Gasteiger partial charge in [-0.25, -0.2) is 12.8 Å². The van der Waals surface area contributed by atoms with Gasteiger partial charge in [0.2, 0.25) is 5.88 Å². The molecule has 2 N–H and O–H groups in total. The molecule has 27 heavy (non-hydrogen) atoms. The molecule has 3 aromatic rings. The van der Waals surface area contributed by atoms with Gasteiger partial charge in [0.15, 0.2) is 5.82 Å². The number of hydrogen-bond acceptors (Lipinski definition) is 5. The Morgan fingerprint density at radius 3 is 2.67 bits per heavy atom. The van der Waals surface area contributed by atoms with Crippen LogP contribution in [0.1, 0.15) is 0 Å². The lowest BCUT2D eigenvalue weighted by molar-refractivity contribution is -0.0555. The van der Waals surface area contributed by atoms with E-state index in [1.165, 1.54) is 24.4 Å². The predicted octanol–water partition coefficient (Wildman–Crippen LogP) is 3.77. The number of anilines is 1. The number of hydrogen-bond donors (Lipinski definition) is 2. The van der Waals surface area contributed by atoms with Crippen molar-refractivity contribution in [2.24, 2.45) is 0 Å². The van der Waals surface area contributed by atoms with Gasteiger partial charge in [-0.2, -0.15) is 13.8 Å². The zero-order chi connectivity index (χ0) is 19.8. The number of halogens is 4. The van der Waals surface area contributed by atoms with Crippen LogP contribution in [0.4, 0.5) is 18.9 Å². The average molecular weight is 422 g/mol. The first kappa shape index (κ1) is 19.1. The summed E-state index contributed by atoms with van der Waals surface area (Å²) in [5.41, 5.74) is 0.0831. The SMILES string of the molecule is COc1nc(OC(F)F)c(F)cc1NS(=O)(=O)c1c[nH]c2cc(Cl)ccc12. The summed E-state index contributed by atoms with van der Waals surface area (Å²) in [7, 11) is -3.09. The molecule has 0 unspecified atom stereocenters. The zero-order valence-corrected chi connectivity index (χ0v) is 15.0. The summed E-state index contributed by atoms with van der Waals surface area (Å²) in [5.74, 6) is -2.76. The highest BCUT2D eigenvalue weighted by Crippen LogP contribution is 2.32. The number of aromatic amines is 1. The van der Waals surface area contributed by atoms with Crippen molar-refractivity contribution in [3.8, 4) is 11.8 Å². The monoisotopic (exact) mass is 421 g/mol. The minimum absolute atomic E-state index is 0.135. The van der Waals surface area contributed by atoms with Gasteiger partial charge in [0.05, 0.1) is 7.11 Å². The molecule has 3 rings (SSSR count). The van der Waals surface area contributed by atoms with Crippen LogP contribution >= 0.6 is 11.6 Å². The van der Waals surface area contributed by atoms with Gasteiger partial charge < -0.3 is 14.5 Å². The van der Waals surface area contributed by atoms with Gasteiger partial charge in [-0.1, -0.05) is 11.6 Å². The standard InChI is InChI=1S/C15H11ClF3N3O4S/c1-25-14-11(5-9(17)13(21-14)26-15(18)19)22-27(23,24)12-6-20-10-4-7(16)2-3-8(10)12/h2-6,15,20,22H,1H3. The van der Waals surface area contributed by atoms with E-state index in [1.54, 1.807) is 0 Å². The number of pyridine rings is 1. The molecular weight excluding hydrogens is 411 g/mol. The molecule has 1 aromatic carbocycles. The Kier molecular flexibility index (Phi) is 5.07. The Morgan fingerprint density at radius 2 is 2.00 bits per heavy atom. The molecule has 144 valence electrons. The second-order valence-corrected chi connectivity index (χ2v) is 7.25. The van der Waals surface area contributed by atoms with Crippen molar-refractivity contribution < 1.29 is 31.1 Å². The molecule has 0 spiro atoms. The van der Waals surface area contributed by atoms with E-state index in [1.807, 2.05) is 0 Å². The van der Waals surface area contributed by atoms with E-state index in [2.05, 4.69) is 19.4 Å². The number of H-pyrrole nitrogens is 1. The first-order chi connectivity index (χ1) is 12.7. The lowest BCUT2D eigenvalue weighted by Crippen LogP contribution is -2.15. The number of sulfonamides is 1. The third-order valence-electron chi connectivity index (χ3n) is 3.44. The summed E-state index contributed by atoms with van der Waals surface area (Å²) >= 11 is 5.86. The lowest BCUT2D eigenvalue weighted by atomic mass is 10.2. The van der Waals surface area contributed by atoms with Crippen LogP contribution in [-0.4, -0.2) is 32.1 Å². The summed E-state index contributed by atoms with van der Waals surface area (Å²) in [6.45, 7) is -3.31. The Bertz CT molecular complexity index is 1110. The van der Waals surface area contributed by atoms with E-state index in [0.717, 1.165) is 7.11 Å². The van der Waals surface area contributed by atoms with Gasteiger partial charge in [-0.3, -0.25) is 4.72 Å². The number of rotatable bonds is 6. The number of fused-ring (bicyclic) bond motifs is 1. The fraction of sp³-hybridized carbons (Fsp3) is 0.133. The highest BCUT2D eigenvalue weighted by Gasteiger charge is 2.24. The maximum atomic E-state index is 13.9. The third kappa shape index (κ3) is 3.88. The van der Waals surface area contributed by atoms with Crippen molar-refractivity contribution in [1.82, 2.24) is 9.97 Å². The zero-order valence-electron chi connectivity index (χ0n) is 13.5. The number of methoxy groups -OCH3 is 1. The Morgan fingerprint density at radius 1 is 1.26 bits per heavy atom. The second kappa shape index (κ2) is 7.16. The molecule has 0 aliphatic rings. The second-order valence-electron chi connectivity index (χ2n) is 5.16. The van der Waals surface area contributed by atoms with Crippen LogP contribution in [0.3, 0.4) is 0 Å².